The van der Waals surface area contributed by atoms with Gasteiger partial charge in [-0.15, -0.1) is 0 Å². The number of anilines is 2. The molecule has 158 valence electrons. The molecule has 0 aliphatic heterocycles. The fourth-order valence-electron chi connectivity index (χ4n) is 3.53. The van der Waals surface area contributed by atoms with Crippen molar-refractivity contribution < 1.29 is 19.1 Å². The Kier molecular flexibility index (Phi) is 7.22. The molecule has 2 aromatic carbocycles. The molecule has 6 nitrogen and oxygen atoms in total. The molecule has 0 saturated heterocycles. The Bertz CT molecular complexity index is 919. The maximum atomic E-state index is 12.4. The molecule has 0 saturated carbocycles. The molecule has 0 radical (unpaired) electrons. The number of ketones is 1. The molecule has 1 amide bonds. The number of hydrogen-bond acceptors (Lipinski definition) is 5. The number of carbonyl (C=O) groups is 3. The van der Waals surface area contributed by atoms with Gasteiger partial charge in [-0.25, -0.2) is 0 Å². The van der Waals surface area contributed by atoms with Gasteiger partial charge in [-0.3, -0.25) is 14.4 Å². The van der Waals surface area contributed by atoms with Gasteiger partial charge in [0.2, 0.25) is 0 Å². The van der Waals surface area contributed by atoms with E-state index < -0.39 is 11.9 Å². The van der Waals surface area contributed by atoms with Crippen LogP contribution in [-0.2, 0) is 27.2 Å². The minimum atomic E-state index is -0.556. The van der Waals surface area contributed by atoms with Crippen LogP contribution in [0.15, 0.2) is 42.5 Å². The van der Waals surface area contributed by atoms with E-state index in [-0.39, 0.29) is 25.2 Å². The molecular weight excluding hydrogens is 380 g/mol. The van der Waals surface area contributed by atoms with E-state index in [0.29, 0.717) is 11.3 Å². The number of rotatable bonds is 8. The molecule has 1 N–H and O–H groups in total. The largest absolute Gasteiger partial charge is 0.456 e. The van der Waals surface area contributed by atoms with Gasteiger partial charge in [0.1, 0.15) is 0 Å². The van der Waals surface area contributed by atoms with E-state index in [4.69, 9.17) is 4.74 Å². The Morgan fingerprint density at radius 1 is 0.933 bits per heavy atom. The number of amides is 1. The van der Waals surface area contributed by atoms with Crippen molar-refractivity contribution in [3.8, 4) is 0 Å². The maximum Gasteiger partial charge on any atom is 0.306 e. The second-order valence-corrected chi connectivity index (χ2v) is 7.76. The number of nitrogens with one attached hydrogen (secondary N) is 1. The lowest BCUT2D eigenvalue weighted by Gasteiger charge is -2.16. The van der Waals surface area contributed by atoms with Crippen LogP contribution >= 0.6 is 0 Å². The van der Waals surface area contributed by atoms with E-state index in [1.165, 1.54) is 17.5 Å². The first-order valence-corrected chi connectivity index (χ1v) is 10.3. The Hall–Kier alpha value is -3.15. The third kappa shape index (κ3) is 5.92. The molecule has 30 heavy (non-hydrogen) atoms. The van der Waals surface area contributed by atoms with Gasteiger partial charge in [-0.05, 0) is 67.1 Å². The van der Waals surface area contributed by atoms with E-state index in [2.05, 4.69) is 5.32 Å². The molecule has 3 rings (SSSR count). The predicted octanol–water partition coefficient (Wildman–Crippen LogP) is 3.78. The molecule has 2 aromatic rings. The quantitative estimate of drug-likeness (QED) is 0.531. The number of ether oxygens (including phenoxy) is 1. The van der Waals surface area contributed by atoms with Crippen LogP contribution in [0, 0.1) is 0 Å². The first-order chi connectivity index (χ1) is 14.4. The SMILES string of the molecule is CN(C)c1ccc(NC(=O)COC(=O)CCC(=O)c2ccc3c(c2)CCCC3)cc1. The molecule has 0 aromatic heterocycles. The van der Waals surface area contributed by atoms with Crippen LogP contribution < -0.4 is 10.2 Å². The molecule has 0 spiro atoms. The first-order valence-electron chi connectivity index (χ1n) is 10.3. The van der Waals surface area contributed by atoms with Crippen molar-refractivity contribution in [1.29, 1.82) is 0 Å². The lowest BCUT2D eigenvalue weighted by Crippen LogP contribution is -2.21. The van der Waals surface area contributed by atoms with Crippen molar-refractivity contribution in [1.82, 2.24) is 0 Å². The highest BCUT2D eigenvalue weighted by molar-refractivity contribution is 5.98. The highest BCUT2D eigenvalue weighted by atomic mass is 16.5. The van der Waals surface area contributed by atoms with Crippen LogP contribution in [-0.4, -0.2) is 38.4 Å². The lowest BCUT2D eigenvalue weighted by atomic mass is 9.89. The number of esters is 1. The summed E-state index contributed by atoms with van der Waals surface area (Å²) in [7, 11) is 3.87. The number of carbonyl (C=O) groups excluding carboxylic acids is 3. The molecule has 1 aliphatic rings. The lowest BCUT2D eigenvalue weighted by molar-refractivity contribution is -0.147. The van der Waals surface area contributed by atoms with Crippen LogP contribution in [0.5, 0.6) is 0 Å². The van der Waals surface area contributed by atoms with Crippen LogP contribution in [0.2, 0.25) is 0 Å². The van der Waals surface area contributed by atoms with E-state index in [1.807, 2.05) is 49.3 Å². The standard InChI is InChI=1S/C24H28N2O4/c1-26(2)21-11-9-20(10-12-21)25-23(28)16-30-24(29)14-13-22(27)19-8-7-17-5-3-4-6-18(17)15-19/h7-12,15H,3-6,13-14,16H2,1-2H3,(H,25,28). The average Bonchev–Trinajstić information content (AvgIpc) is 2.76. The monoisotopic (exact) mass is 408 g/mol. The van der Waals surface area contributed by atoms with Gasteiger partial charge in [0.25, 0.3) is 5.91 Å². The third-order valence-electron chi connectivity index (χ3n) is 5.26. The van der Waals surface area contributed by atoms with E-state index in [0.717, 1.165) is 24.9 Å². The van der Waals surface area contributed by atoms with Gasteiger partial charge >= 0.3 is 5.97 Å². The summed E-state index contributed by atoms with van der Waals surface area (Å²) < 4.78 is 5.00. The minimum Gasteiger partial charge on any atom is -0.456 e. The number of nitrogens with zero attached hydrogens (tertiary/aromatic N) is 1. The van der Waals surface area contributed by atoms with Crippen molar-refractivity contribution in [2.45, 2.75) is 38.5 Å². The first kappa shape index (κ1) is 21.6. The maximum absolute atomic E-state index is 12.4. The Morgan fingerprint density at radius 2 is 1.63 bits per heavy atom. The average molecular weight is 408 g/mol. The zero-order valence-corrected chi connectivity index (χ0v) is 17.6. The van der Waals surface area contributed by atoms with Crippen molar-refractivity contribution in [2.24, 2.45) is 0 Å². The van der Waals surface area contributed by atoms with Crippen molar-refractivity contribution in [3.63, 3.8) is 0 Å². The van der Waals surface area contributed by atoms with Crippen LogP contribution in [0.4, 0.5) is 11.4 Å². The second kappa shape index (κ2) is 10.1. The van der Waals surface area contributed by atoms with Crippen molar-refractivity contribution in [2.75, 3.05) is 30.9 Å². The van der Waals surface area contributed by atoms with E-state index >= 15 is 0 Å². The summed E-state index contributed by atoms with van der Waals surface area (Å²) in [4.78, 5) is 38.3. The summed E-state index contributed by atoms with van der Waals surface area (Å²) in [6.45, 7) is -0.374. The summed E-state index contributed by atoms with van der Waals surface area (Å²) in [5.41, 5.74) is 4.85. The molecule has 6 heteroatoms. The normalized spacial score (nSPS) is 12.6. The Balaban J connectivity index is 1.41. The summed E-state index contributed by atoms with van der Waals surface area (Å²) in [5, 5.41) is 2.68. The van der Waals surface area contributed by atoms with Crippen molar-refractivity contribution >= 4 is 29.0 Å². The van der Waals surface area contributed by atoms with Gasteiger partial charge in [-0.1, -0.05) is 12.1 Å². The Morgan fingerprint density at radius 3 is 2.33 bits per heavy atom. The summed E-state index contributed by atoms with van der Waals surface area (Å²) in [6, 6.07) is 13.2. The van der Waals surface area contributed by atoms with Gasteiger partial charge < -0.3 is 15.0 Å². The number of hydrogen-bond donors (Lipinski definition) is 1. The van der Waals surface area contributed by atoms with Gasteiger partial charge in [0.05, 0.1) is 6.42 Å². The summed E-state index contributed by atoms with van der Waals surface area (Å²) >= 11 is 0. The highest BCUT2D eigenvalue weighted by Crippen LogP contribution is 2.23. The van der Waals surface area contributed by atoms with E-state index in [1.54, 1.807) is 12.1 Å². The zero-order chi connectivity index (χ0) is 21.5. The van der Waals surface area contributed by atoms with Gasteiger partial charge in [0, 0.05) is 37.5 Å². The summed E-state index contributed by atoms with van der Waals surface area (Å²) in [6.07, 6.45) is 4.45. The predicted molar refractivity (Wildman–Crippen MR) is 117 cm³/mol. The molecule has 0 fully saturated rings. The number of fused-ring (bicyclic) bond motifs is 1. The zero-order valence-electron chi connectivity index (χ0n) is 17.6. The van der Waals surface area contributed by atoms with Crippen LogP contribution in [0.25, 0.3) is 0 Å². The topological polar surface area (TPSA) is 75.7 Å². The number of benzene rings is 2. The molecular formula is C24H28N2O4. The molecule has 1 aliphatic carbocycles. The second-order valence-electron chi connectivity index (χ2n) is 7.76. The van der Waals surface area contributed by atoms with Gasteiger partial charge in [-0.2, -0.15) is 0 Å². The number of aryl methyl sites for hydroxylation is 2. The minimum absolute atomic E-state index is 0.0409. The third-order valence-corrected chi connectivity index (χ3v) is 5.26. The van der Waals surface area contributed by atoms with Crippen LogP contribution in [0.1, 0.15) is 47.2 Å². The molecule has 0 heterocycles. The smallest absolute Gasteiger partial charge is 0.306 e. The summed E-state index contributed by atoms with van der Waals surface area (Å²) in [5.74, 6) is -1.05. The molecule has 0 bridgehead atoms. The highest BCUT2D eigenvalue weighted by Gasteiger charge is 2.15. The Labute approximate surface area is 177 Å². The van der Waals surface area contributed by atoms with Crippen LogP contribution in [0.3, 0.4) is 0 Å². The van der Waals surface area contributed by atoms with Crippen molar-refractivity contribution in [3.05, 3.63) is 59.2 Å². The van der Waals surface area contributed by atoms with E-state index in [9.17, 15) is 14.4 Å². The molecule has 0 atom stereocenters. The molecule has 0 unspecified atom stereocenters. The fraction of sp³-hybridized carbons (Fsp3) is 0.375. The number of Topliss-reactive ketones (excluding diaryl/α,β-unsaturated/α-hetero) is 1. The van der Waals surface area contributed by atoms with Gasteiger partial charge in [0.15, 0.2) is 12.4 Å². The fourth-order valence-corrected chi connectivity index (χ4v) is 3.53.